The van der Waals surface area contributed by atoms with Gasteiger partial charge in [-0.2, -0.15) is 0 Å². The fraction of sp³-hybridized carbons (Fsp3) is 0.278. The number of quaternary nitrogens is 1. The van der Waals surface area contributed by atoms with Crippen LogP contribution in [-0.4, -0.2) is 26.7 Å². The minimum Gasteiger partial charge on any atom is -0.497 e. The van der Waals surface area contributed by atoms with Crippen molar-refractivity contribution in [2.75, 3.05) is 26.1 Å². The van der Waals surface area contributed by atoms with E-state index in [2.05, 4.69) is 5.32 Å². The molecule has 0 aliphatic carbocycles. The fourth-order valence-corrected chi connectivity index (χ4v) is 2.33. The lowest BCUT2D eigenvalue weighted by atomic mass is 10.1. The molecule has 134 valence electrons. The van der Waals surface area contributed by atoms with E-state index in [-0.39, 0.29) is 18.5 Å². The number of halogens is 2. The van der Waals surface area contributed by atoms with Gasteiger partial charge in [0.1, 0.15) is 17.5 Å². The third kappa shape index (κ3) is 4.90. The fourth-order valence-electron chi connectivity index (χ4n) is 2.33. The number of hydrogen-bond donors (Lipinski definition) is 2. The second kappa shape index (κ2) is 8.43. The zero-order valence-electron chi connectivity index (χ0n) is 14.3. The van der Waals surface area contributed by atoms with E-state index in [0.717, 1.165) is 12.1 Å². The van der Waals surface area contributed by atoms with Crippen LogP contribution < -0.4 is 20.1 Å². The number of anilines is 1. The lowest BCUT2D eigenvalue weighted by Crippen LogP contribution is -2.86. The van der Waals surface area contributed by atoms with Crippen molar-refractivity contribution in [2.24, 2.45) is 0 Å². The SMILES string of the molecule is COc1ccc(OC)c(NC(=O)C[NH2+][C@H](C)c2ccc(F)c(F)c2)c1. The summed E-state index contributed by atoms with van der Waals surface area (Å²) in [7, 11) is 3.04. The molecule has 0 aromatic heterocycles. The molecule has 3 N–H and O–H groups in total. The average molecular weight is 351 g/mol. The first-order valence-electron chi connectivity index (χ1n) is 7.74. The van der Waals surface area contributed by atoms with Crippen molar-refractivity contribution in [3.05, 3.63) is 53.6 Å². The molecule has 2 aromatic carbocycles. The van der Waals surface area contributed by atoms with Gasteiger partial charge in [-0.15, -0.1) is 0 Å². The minimum atomic E-state index is -0.900. The van der Waals surface area contributed by atoms with E-state index in [9.17, 15) is 13.6 Å². The topological polar surface area (TPSA) is 64.2 Å². The van der Waals surface area contributed by atoms with Crippen molar-refractivity contribution >= 4 is 11.6 Å². The summed E-state index contributed by atoms with van der Waals surface area (Å²) in [5.41, 5.74) is 1.10. The van der Waals surface area contributed by atoms with Crippen molar-refractivity contribution in [1.82, 2.24) is 0 Å². The summed E-state index contributed by atoms with van der Waals surface area (Å²) in [4.78, 5) is 12.2. The monoisotopic (exact) mass is 351 g/mol. The maximum atomic E-state index is 13.3. The maximum Gasteiger partial charge on any atom is 0.279 e. The Bertz CT molecular complexity index is 753. The van der Waals surface area contributed by atoms with Crippen molar-refractivity contribution in [2.45, 2.75) is 13.0 Å². The van der Waals surface area contributed by atoms with Crippen LogP contribution in [0.15, 0.2) is 36.4 Å². The molecule has 1 amide bonds. The van der Waals surface area contributed by atoms with Gasteiger partial charge in [0.25, 0.3) is 5.91 Å². The zero-order valence-corrected chi connectivity index (χ0v) is 14.3. The van der Waals surface area contributed by atoms with Crippen LogP contribution in [-0.2, 0) is 4.79 Å². The lowest BCUT2D eigenvalue weighted by Gasteiger charge is -2.13. The van der Waals surface area contributed by atoms with Crippen molar-refractivity contribution in [1.29, 1.82) is 0 Å². The average Bonchev–Trinajstić information content (AvgIpc) is 2.61. The Morgan fingerprint density at radius 2 is 1.88 bits per heavy atom. The van der Waals surface area contributed by atoms with Gasteiger partial charge < -0.3 is 20.1 Å². The highest BCUT2D eigenvalue weighted by molar-refractivity contribution is 5.93. The first-order valence-corrected chi connectivity index (χ1v) is 7.74. The third-order valence-electron chi connectivity index (χ3n) is 3.81. The second-order valence-corrected chi connectivity index (χ2v) is 5.52. The number of nitrogens with two attached hydrogens (primary N) is 1. The molecule has 0 saturated carbocycles. The Kier molecular flexibility index (Phi) is 6.30. The molecule has 0 unspecified atom stereocenters. The molecule has 0 aliphatic heterocycles. The molecule has 0 spiro atoms. The van der Waals surface area contributed by atoms with E-state index in [1.54, 1.807) is 23.5 Å². The predicted molar refractivity (Wildman–Crippen MR) is 89.7 cm³/mol. The van der Waals surface area contributed by atoms with Crippen LogP contribution in [0.2, 0.25) is 0 Å². The number of benzene rings is 2. The van der Waals surface area contributed by atoms with Gasteiger partial charge in [0.2, 0.25) is 0 Å². The van der Waals surface area contributed by atoms with Gasteiger partial charge in [0.15, 0.2) is 18.2 Å². The van der Waals surface area contributed by atoms with E-state index < -0.39 is 11.6 Å². The van der Waals surface area contributed by atoms with Crippen LogP contribution in [0.4, 0.5) is 14.5 Å². The van der Waals surface area contributed by atoms with Gasteiger partial charge in [0, 0.05) is 11.6 Å². The molecule has 0 saturated heterocycles. The van der Waals surface area contributed by atoms with Gasteiger partial charge in [-0.1, -0.05) is 0 Å². The van der Waals surface area contributed by atoms with Crippen molar-refractivity contribution < 1.29 is 28.4 Å². The highest BCUT2D eigenvalue weighted by Gasteiger charge is 2.15. The number of methoxy groups -OCH3 is 2. The summed E-state index contributed by atoms with van der Waals surface area (Å²) in [6.07, 6.45) is 0. The Hall–Kier alpha value is -2.67. The Morgan fingerprint density at radius 1 is 1.12 bits per heavy atom. The summed E-state index contributed by atoms with van der Waals surface area (Å²) < 4.78 is 36.6. The second-order valence-electron chi connectivity index (χ2n) is 5.52. The number of hydrogen-bond acceptors (Lipinski definition) is 3. The number of nitrogens with one attached hydrogen (secondary N) is 1. The standard InChI is InChI=1S/C18H20F2N2O3/c1-11(12-4-6-14(19)15(20)8-12)21-10-18(23)22-16-9-13(24-2)5-7-17(16)25-3/h4-9,11,21H,10H2,1-3H3,(H,22,23)/p+1/t11-/m1/s1. The summed E-state index contributed by atoms with van der Waals surface area (Å²) >= 11 is 0. The molecule has 1 atom stereocenters. The smallest absolute Gasteiger partial charge is 0.279 e. The van der Waals surface area contributed by atoms with E-state index >= 15 is 0 Å². The Morgan fingerprint density at radius 3 is 2.52 bits per heavy atom. The van der Waals surface area contributed by atoms with Gasteiger partial charge >= 0.3 is 0 Å². The maximum absolute atomic E-state index is 13.3. The van der Waals surface area contributed by atoms with Gasteiger partial charge in [-0.25, -0.2) is 8.78 Å². The quantitative estimate of drug-likeness (QED) is 0.804. The highest BCUT2D eigenvalue weighted by Crippen LogP contribution is 2.28. The lowest BCUT2D eigenvalue weighted by molar-refractivity contribution is -0.682. The largest absolute Gasteiger partial charge is 0.497 e. The van der Waals surface area contributed by atoms with Crippen molar-refractivity contribution in [3.63, 3.8) is 0 Å². The minimum absolute atomic E-state index is 0.112. The van der Waals surface area contributed by atoms with E-state index in [4.69, 9.17) is 9.47 Å². The molecular weight excluding hydrogens is 330 g/mol. The van der Waals surface area contributed by atoms with Gasteiger partial charge in [-0.3, -0.25) is 4.79 Å². The van der Waals surface area contributed by atoms with Crippen LogP contribution in [0.5, 0.6) is 11.5 Å². The highest BCUT2D eigenvalue weighted by atomic mass is 19.2. The molecule has 2 aromatic rings. The molecule has 2 rings (SSSR count). The molecule has 7 heteroatoms. The normalized spacial score (nSPS) is 11.7. The van der Waals surface area contributed by atoms with Crippen LogP contribution in [0.25, 0.3) is 0 Å². The van der Waals surface area contributed by atoms with E-state index in [0.29, 0.717) is 22.7 Å². The summed E-state index contributed by atoms with van der Waals surface area (Å²) in [6, 6.07) is 8.61. The number of carbonyl (C=O) groups excluding carboxylic acids is 1. The van der Waals surface area contributed by atoms with Gasteiger partial charge in [-0.05, 0) is 37.3 Å². The molecular formula is C18H21F2N2O3+. The van der Waals surface area contributed by atoms with Crippen LogP contribution in [0.3, 0.4) is 0 Å². The molecule has 0 radical (unpaired) electrons. The summed E-state index contributed by atoms with van der Waals surface area (Å²) in [5, 5.41) is 4.49. The third-order valence-corrected chi connectivity index (χ3v) is 3.81. The van der Waals surface area contributed by atoms with Crippen LogP contribution in [0.1, 0.15) is 18.5 Å². The Balaban J connectivity index is 1.97. The number of ether oxygens (including phenoxy) is 2. The molecule has 0 fully saturated rings. The van der Waals surface area contributed by atoms with Crippen LogP contribution >= 0.6 is 0 Å². The molecule has 0 aliphatic rings. The summed E-state index contributed by atoms with van der Waals surface area (Å²) in [6.45, 7) is 1.92. The number of carbonyl (C=O) groups is 1. The van der Waals surface area contributed by atoms with E-state index in [1.165, 1.54) is 20.3 Å². The number of amides is 1. The van der Waals surface area contributed by atoms with Gasteiger partial charge in [0.05, 0.1) is 19.9 Å². The summed E-state index contributed by atoms with van der Waals surface area (Å²) in [5.74, 6) is -0.929. The first kappa shape index (κ1) is 18.7. The van der Waals surface area contributed by atoms with Crippen molar-refractivity contribution in [3.8, 4) is 11.5 Å². The molecule has 5 nitrogen and oxygen atoms in total. The first-order chi connectivity index (χ1) is 11.9. The molecule has 0 bridgehead atoms. The molecule has 25 heavy (non-hydrogen) atoms. The van der Waals surface area contributed by atoms with E-state index in [1.807, 2.05) is 6.92 Å². The predicted octanol–water partition coefficient (Wildman–Crippen LogP) is 2.25. The zero-order chi connectivity index (χ0) is 18.4. The molecule has 0 heterocycles. The van der Waals surface area contributed by atoms with Crippen LogP contribution in [0, 0.1) is 11.6 Å². The Labute approximate surface area is 144 Å². The number of rotatable bonds is 7.